The zero-order valence-electron chi connectivity index (χ0n) is 12.6. The lowest BCUT2D eigenvalue weighted by molar-refractivity contribution is -0.129. The van der Waals surface area contributed by atoms with Gasteiger partial charge in [0.05, 0.1) is 22.9 Å². The van der Waals surface area contributed by atoms with Crippen LogP contribution in [0.3, 0.4) is 0 Å². The third kappa shape index (κ3) is 3.58. The molecule has 1 aromatic heterocycles. The molecule has 1 aliphatic heterocycles. The number of likely N-dealkylation sites (tertiary alicyclic amines) is 1. The Bertz CT molecular complexity index is 759. The van der Waals surface area contributed by atoms with Crippen LogP contribution < -0.4 is 0 Å². The van der Waals surface area contributed by atoms with Crippen LogP contribution in [0.1, 0.15) is 18.9 Å². The first-order valence-corrected chi connectivity index (χ1v) is 9.13. The first-order chi connectivity index (χ1) is 11.1. The minimum absolute atomic E-state index is 0.00129. The highest BCUT2D eigenvalue weighted by Gasteiger charge is 2.28. The van der Waals surface area contributed by atoms with E-state index in [1.165, 1.54) is 0 Å². The molecule has 0 aliphatic carbocycles. The summed E-state index contributed by atoms with van der Waals surface area (Å²) < 4.78 is 26.2. The SMILES string of the molecule is O=C(CCS(=O)(=O)c1ccccc1)N1CCC(n2ccnn2)C1. The summed E-state index contributed by atoms with van der Waals surface area (Å²) in [4.78, 5) is 14.2. The van der Waals surface area contributed by atoms with Crippen molar-refractivity contribution in [1.29, 1.82) is 0 Å². The minimum atomic E-state index is -3.42. The maximum atomic E-state index is 12.3. The molecule has 1 amide bonds. The van der Waals surface area contributed by atoms with Crippen LogP contribution in [0.4, 0.5) is 0 Å². The zero-order chi connectivity index (χ0) is 16.3. The molecule has 0 N–H and O–H groups in total. The van der Waals surface area contributed by atoms with E-state index in [1.807, 2.05) is 0 Å². The number of aromatic nitrogens is 3. The summed E-state index contributed by atoms with van der Waals surface area (Å²) in [5, 5.41) is 7.72. The van der Waals surface area contributed by atoms with Crippen LogP contribution in [-0.4, -0.2) is 53.1 Å². The van der Waals surface area contributed by atoms with Gasteiger partial charge in [-0.15, -0.1) is 5.10 Å². The maximum absolute atomic E-state index is 12.3. The lowest BCUT2D eigenvalue weighted by Gasteiger charge is -2.16. The monoisotopic (exact) mass is 334 g/mol. The lowest BCUT2D eigenvalue weighted by atomic mass is 10.3. The predicted molar refractivity (Wildman–Crippen MR) is 83.4 cm³/mol. The lowest BCUT2D eigenvalue weighted by Crippen LogP contribution is -2.30. The van der Waals surface area contributed by atoms with Crippen molar-refractivity contribution in [1.82, 2.24) is 19.9 Å². The molecule has 23 heavy (non-hydrogen) atoms. The molecule has 1 aliphatic rings. The Kier molecular flexibility index (Phi) is 4.42. The molecule has 1 atom stereocenters. The highest BCUT2D eigenvalue weighted by molar-refractivity contribution is 7.91. The van der Waals surface area contributed by atoms with Gasteiger partial charge in [0.15, 0.2) is 9.84 Å². The molecule has 2 aromatic rings. The van der Waals surface area contributed by atoms with Gasteiger partial charge in [0.1, 0.15) is 0 Å². The molecular weight excluding hydrogens is 316 g/mol. The topological polar surface area (TPSA) is 85.2 Å². The Morgan fingerprint density at radius 1 is 1.26 bits per heavy atom. The first-order valence-electron chi connectivity index (χ1n) is 7.47. The third-order valence-electron chi connectivity index (χ3n) is 4.02. The van der Waals surface area contributed by atoms with Crippen molar-refractivity contribution in [2.75, 3.05) is 18.8 Å². The molecule has 0 saturated carbocycles. The van der Waals surface area contributed by atoms with Gasteiger partial charge in [0.2, 0.25) is 5.91 Å². The number of carbonyl (C=O) groups is 1. The highest BCUT2D eigenvalue weighted by Crippen LogP contribution is 2.21. The smallest absolute Gasteiger partial charge is 0.223 e. The minimum Gasteiger partial charge on any atom is -0.340 e. The summed E-state index contributed by atoms with van der Waals surface area (Å²) in [5.41, 5.74) is 0. The van der Waals surface area contributed by atoms with Gasteiger partial charge >= 0.3 is 0 Å². The van der Waals surface area contributed by atoms with Gasteiger partial charge in [0, 0.05) is 25.7 Å². The second kappa shape index (κ2) is 6.49. The molecule has 122 valence electrons. The van der Waals surface area contributed by atoms with E-state index in [1.54, 1.807) is 52.3 Å². The van der Waals surface area contributed by atoms with E-state index in [0.29, 0.717) is 13.1 Å². The second-order valence-electron chi connectivity index (χ2n) is 5.55. The predicted octanol–water partition coefficient (Wildman–Crippen LogP) is 0.916. The van der Waals surface area contributed by atoms with Crippen LogP contribution in [0.25, 0.3) is 0 Å². The summed E-state index contributed by atoms with van der Waals surface area (Å²) in [7, 11) is -3.42. The number of rotatable bonds is 5. The molecule has 1 saturated heterocycles. The Hall–Kier alpha value is -2.22. The van der Waals surface area contributed by atoms with Crippen molar-refractivity contribution in [3.63, 3.8) is 0 Å². The van der Waals surface area contributed by atoms with Gasteiger partial charge in [-0.05, 0) is 18.6 Å². The number of hydrogen-bond donors (Lipinski definition) is 0. The molecule has 8 heteroatoms. The van der Waals surface area contributed by atoms with E-state index < -0.39 is 9.84 Å². The van der Waals surface area contributed by atoms with Crippen LogP contribution in [0, 0.1) is 0 Å². The van der Waals surface area contributed by atoms with Crippen LogP contribution in [0.2, 0.25) is 0 Å². The summed E-state index contributed by atoms with van der Waals surface area (Å²) in [6.45, 7) is 1.17. The maximum Gasteiger partial charge on any atom is 0.223 e. The number of nitrogens with zero attached hydrogens (tertiary/aromatic N) is 4. The molecule has 1 aromatic carbocycles. The molecule has 2 heterocycles. The fourth-order valence-corrected chi connectivity index (χ4v) is 3.97. The molecule has 0 bridgehead atoms. The van der Waals surface area contributed by atoms with Gasteiger partial charge in [-0.3, -0.25) is 4.79 Å². The highest BCUT2D eigenvalue weighted by atomic mass is 32.2. The number of amides is 1. The van der Waals surface area contributed by atoms with Crippen molar-refractivity contribution in [2.24, 2.45) is 0 Å². The molecule has 0 radical (unpaired) electrons. The standard InChI is InChI=1S/C15H18N4O3S/c20-15(7-11-23(21,22)14-4-2-1-3-5-14)18-9-6-13(12-18)19-10-8-16-17-19/h1-5,8,10,13H,6-7,9,11-12H2. The summed E-state index contributed by atoms with van der Waals surface area (Å²) in [6, 6.07) is 8.34. The Morgan fingerprint density at radius 3 is 2.74 bits per heavy atom. The van der Waals surface area contributed by atoms with Gasteiger partial charge in [-0.1, -0.05) is 23.4 Å². The van der Waals surface area contributed by atoms with Crippen molar-refractivity contribution in [3.05, 3.63) is 42.7 Å². The largest absolute Gasteiger partial charge is 0.340 e. The quantitative estimate of drug-likeness (QED) is 0.811. The molecule has 1 fully saturated rings. The molecule has 3 rings (SSSR count). The number of benzene rings is 1. The molecule has 1 unspecified atom stereocenters. The molecule has 0 spiro atoms. The Balaban J connectivity index is 1.56. The van der Waals surface area contributed by atoms with E-state index in [-0.39, 0.29) is 29.0 Å². The average molecular weight is 334 g/mol. The van der Waals surface area contributed by atoms with E-state index in [0.717, 1.165) is 6.42 Å². The van der Waals surface area contributed by atoms with Crippen LogP contribution >= 0.6 is 0 Å². The van der Waals surface area contributed by atoms with Gasteiger partial charge in [-0.25, -0.2) is 13.1 Å². The van der Waals surface area contributed by atoms with Gasteiger partial charge in [0.25, 0.3) is 0 Å². The van der Waals surface area contributed by atoms with Crippen molar-refractivity contribution in [3.8, 4) is 0 Å². The average Bonchev–Trinajstić information content (AvgIpc) is 3.24. The Labute approximate surface area is 134 Å². The number of carbonyl (C=O) groups excluding carboxylic acids is 1. The fraction of sp³-hybridized carbons (Fsp3) is 0.400. The van der Waals surface area contributed by atoms with Crippen LogP contribution in [-0.2, 0) is 14.6 Å². The zero-order valence-corrected chi connectivity index (χ0v) is 13.4. The van der Waals surface area contributed by atoms with Gasteiger partial charge < -0.3 is 4.90 Å². The van der Waals surface area contributed by atoms with Crippen molar-refractivity contribution >= 4 is 15.7 Å². The molecule has 7 nitrogen and oxygen atoms in total. The van der Waals surface area contributed by atoms with Gasteiger partial charge in [-0.2, -0.15) is 0 Å². The van der Waals surface area contributed by atoms with Crippen molar-refractivity contribution in [2.45, 2.75) is 23.8 Å². The number of sulfone groups is 1. The summed E-state index contributed by atoms with van der Waals surface area (Å²) in [5.74, 6) is -0.299. The fourth-order valence-electron chi connectivity index (χ4n) is 2.72. The molecular formula is C15H18N4O3S. The number of hydrogen-bond acceptors (Lipinski definition) is 5. The summed E-state index contributed by atoms with van der Waals surface area (Å²) >= 11 is 0. The van der Waals surface area contributed by atoms with E-state index >= 15 is 0 Å². The second-order valence-corrected chi connectivity index (χ2v) is 7.66. The first kappa shape index (κ1) is 15.7. The van der Waals surface area contributed by atoms with E-state index in [4.69, 9.17) is 0 Å². The van der Waals surface area contributed by atoms with Crippen LogP contribution in [0.15, 0.2) is 47.6 Å². The van der Waals surface area contributed by atoms with E-state index in [2.05, 4.69) is 10.3 Å². The summed E-state index contributed by atoms with van der Waals surface area (Å²) in [6.07, 6.45) is 4.19. The van der Waals surface area contributed by atoms with E-state index in [9.17, 15) is 13.2 Å². The third-order valence-corrected chi connectivity index (χ3v) is 5.75. The van der Waals surface area contributed by atoms with Crippen molar-refractivity contribution < 1.29 is 13.2 Å². The Morgan fingerprint density at radius 2 is 2.04 bits per heavy atom. The van der Waals surface area contributed by atoms with Crippen LogP contribution in [0.5, 0.6) is 0 Å². The normalized spacial score (nSPS) is 18.3.